The average molecular weight is 433 g/mol. The highest BCUT2D eigenvalue weighted by molar-refractivity contribution is 5.41. The Bertz CT molecular complexity index is 1030. The molecule has 0 N–H and O–H groups in total. The Kier molecular flexibility index (Phi) is 6.03. The van der Waals surface area contributed by atoms with Crippen LogP contribution >= 0.6 is 0 Å². The fourth-order valence-corrected chi connectivity index (χ4v) is 4.95. The monoisotopic (exact) mass is 432 g/mol. The van der Waals surface area contributed by atoms with E-state index in [9.17, 15) is 0 Å². The molecular formula is C24H32N8. The molecule has 168 valence electrons. The summed E-state index contributed by atoms with van der Waals surface area (Å²) in [6.07, 6.45) is 8.05. The van der Waals surface area contributed by atoms with Gasteiger partial charge in [-0.1, -0.05) is 6.07 Å². The molecule has 0 spiro atoms. The van der Waals surface area contributed by atoms with Gasteiger partial charge >= 0.3 is 0 Å². The molecular weight excluding hydrogens is 400 g/mol. The largest absolute Gasteiger partial charge is 0.355 e. The molecule has 2 aliphatic heterocycles. The first-order valence-electron chi connectivity index (χ1n) is 11.6. The van der Waals surface area contributed by atoms with Crippen LogP contribution in [0.1, 0.15) is 24.2 Å². The van der Waals surface area contributed by atoms with Gasteiger partial charge in [-0.2, -0.15) is 5.10 Å². The third-order valence-electron chi connectivity index (χ3n) is 6.54. The molecule has 8 nitrogen and oxygen atoms in total. The highest BCUT2D eigenvalue weighted by Crippen LogP contribution is 2.24. The van der Waals surface area contributed by atoms with Gasteiger partial charge in [0.2, 0.25) is 0 Å². The van der Waals surface area contributed by atoms with Gasteiger partial charge in [0.1, 0.15) is 11.6 Å². The predicted molar refractivity (Wildman–Crippen MR) is 126 cm³/mol. The van der Waals surface area contributed by atoms with E-state index in [0.29, 0.717) is 5.92 Å². The zero-order valence-corrected chi connectivity index (χ0v) is 19.1. The zero-order chi connectivity index (χ0) is 21.9. The van der Waals surface area contributed by atoms with E-state index in [0.717, 1.165) is 74.7 Å². The van der Waals surface area contributed by atoms with Gasteiger partial charge in [0, 0.05) is 57.7 Å². The van der Waals surface area contributed by atoms with Crippen molar-refractivity contribution < 1.29 is 0 Å². The minimum absolute atomic E-state index is 0.657. The summed E-state index contributed by atoms with van der Waals surface area (Å²) in [6, 6.07) is 8.22. The summed E-state index contributed by atoms with van der Waals surface area (Å²) < 4.78 is 1.88. The van der Waals surface area contributed by atoms with Gasteiger partial charge in [0.05, 0.1) is 18.1 Å². The van der Waals surface area contributed by atoms with E-state index in [4.69, 9.17) is 4.98 Å². The van der Waals surface area contributed by atoms with Crippen molar-refractivity contribution in [1.29, 1.82) is 0 Å². The van der Waals surface area contributed by atoms with Crippen molar-refractivity contribution in [2.45, 2.75) is 26.7 Å². The second-order valence-corrected chi connectivity index (χ2v) is 9.00. The number of piperidine rings is 1. The molecule has 3 aromatic heterocycles. The van der Waals surface area contributed by atoms with Crippen LogP contribution < -0.4 is 9.80 Å². The van der Waals surface area contributed by atoms with Crippen LogP contribution in [0.4, 0.5) is 11.6 Å². The van der Waals surface area contributed by atoms with Crippen molar-refractivity contribution in [3.8, 4) is 5.82 Å². The third-order valence-corrected chi connectivity index (χ3v) is 6.54. The summed E-state index contributed by atoms with van der Waals surface area (Å²) in [6.45, 7) is 11.6. The number of aryl methyl sites for hydroxylation is 2. The van der Waals surface area contributed by atoms with Crippen LogP contribution in [0.5, 0.6) is 0 Å². The van der Waals surface area contributed by atoms with Crippen molar-refractivity contribution in [3.63, 3.8) is 0 Å². The molecule has 1 atom stereocenters. The molecule has 2 saturated heterocycles. The summed E-state index contributed by atoms with van der Waals surface area (Å²) in [4.78, 5) is 21.3. The second-order valence-electron chi connectivity index (χ2n) is 9.00. The third kappa shape index (κ3) is 4.60. The summed E-state index contributed by atoms with van der Waals surface area (Å²) >= 11 is 0. The van der Waals surface area contributed by atoms with Crippen molar-refractivity contribution >= 4 is 11.6 Å². The summed E-state index contributed by atoms with van der Waals surface area (Å²) in [5, 5.41) is 4.57. The zero-order valence-electron chi connectivity index (χ0n) is 19.1. The van der Waals surface area contributed by atoms with Gasteiger partial charge in [-0.15, -0.1) is 0 Å². The molecule has 0 aliphatic carbocycles. The quantitative estimate of drug-likeness (QED) is 0.614. The van der Waals surface area contributed by atoms with Crippen LogP contribution in [0.2, 0.25) is 0 Å². The molecule has 5 heterocycles. The van der Waals surface area contributed by atoms with Gasteiger partial charge in [0.25, 0.3) is 0 Å². The van der Waals surface area contributed by atoms with Crippen molar-refractivity contribution in [1.82, 2.24) is 29.6 Å². The predicted octanol–water partition coefficient (Wildman–Crippen LogP) is 2.71. The smallest absolute Gasteiger partial charge is 0.174 e. The maximum Gasteiger partial charge on any atom is 0.174 e. The fraction of sp³-hybridized carbons (Fsp3) is 0.500. The lowest BCUT2D eigenvalue weighted by atomic mass is 9.97. The van der Waals surface area contributed by atoms with E-state index in [2.05, 4.69) is 54.9 Å². The molecule has 0 saturated carbocycles. The molecule has 3 aromatic rings. The number of pyridine rings is 1. The van der Waals surface area contributed by atoms with Gasteiger partial charge < -0.3 is 9.80 Å². The highest BCUT2D eigenvalue weighted by Gasteiger charge is 2.26. The lowest BCUT2D eigenvalue weighted by Crippen LogP contribution is -2.50. The van der Waals surface area contributed by atoms with Crippen molar-refractivity contribution in [3.05, 3.63) is 54.2 Å². The average Bonchev–Trinajstić information content (AvgIpc) is 3.18. The molecule has 2 aliphatic rings. The number of piperazine rings is 1. The summed E-state index contributed by atoms with van der Waals surface area (Å²) in [5.41, 5.74) is 2.08. The Labute approximate surface area is 189 Å². The molecule has 0 bridgehead atoms. The van der Waals surface area contributed by atoms with Crippen LogP contribution in [0.3, 0.4) is 0 Å². The van der Waals surface area contributed by atoms with Gasteiger partial charge in [-0.05, 0) is 50.8 Å². The van der Waals surface area contributed by atoms with Crippen LogP contribution in [0.15, 0.2) is 42.9 Å². The van der Waals surface area contributed by atoms with E-state index >= 15 is 0 Å². The number of aromatic nitrogens is 5. The minimum Gasteiger partial charge on any atom is -0.355 e. The van der Waals surface area contributed by atoms with E-state index in [1.807, 2.05) is 30.1 Å². The topological polar surface area (TPSA) is 66.2 Å². The van der Waals surface area contributed by atoms with Crippen molar-refractivity contribution in [2.24, 2.45) is 5.92 Å². The molecule has 32 heavy (non-hydrogen) atoms. The number of hydrogen-bond acceptors (Lipinski definition) is 7. The van der Waals surface area contributed by atoms with Gasteiger partial charge in [0.15, 0.2) is 5.82 Å². The molecule has 0 aromatic carbocycles. The van der Waals surface area contributed by atoms with Crippen LogP contribution in [-0.4, -0.2) is 75.4 Å². The fourth-order valence-electron chi connectivity index (χ4n) is 4.95. The van der Waals surface area contributed by atoms with Gasteiger partial charge in [-0.25, -0.2) is 14.6 Å². The first-order chi connectivity index (χ1) is 15.7. The number of rotatable bonds is 5. The molecule has 5 rings (SSSR count). The Balaban J connectivity index is 1.19. The standard InChI is InChI=1S/C24H32N8/c1-19-14-20(2)32(28-19)24-16-25-15-23(27-24)31-9-5-6-21(18-31)17-29-10-12-30(13-11-29)22-7-3-4-8-26-22/h3-4,7-8,14-16,21H,5-6,9-13,17-18H2,1-2H3. The van der Waals surface area contributed by atoms with Crippen molar-refractivity contribution in [2.75, 3.05) is 55.6 Å². The van der Waals surface area contributed by atoms with Crippen LogP contribution in [-0.2, 0) is 0 Å². The number of hydrogen-bond donors (Lipinski definition) is 0. The van der Waals surface area contributed by atoms with E-state index < -0.39 is 0 Å². The molecule has 0 radical (unpaired) electrons. The Hall–Kier alpha value is -3.00. The summed E-state index contributed by atoms with van der Waals surface area (Å²) in [5.74, 6) is 3.50. The maximum atomic E-state index is 4.90. The highest BCUT2D eigenvalue weighted by atomic mass is 15.3. The Morgan fingerprint density at radius 2 is 1.78 bits per heavy atom. The summed E-state index contributed by atoms with van der Waals surface area (Å²) in [7, 11) is 0. The minimum atomic E-state index is 0.657. The molecule has 0 amide bonds. The number of anilines is 2. The first-order valence-corrected chi connectivity index (χ1v) is 11.6. The van der Waals surface area contributed by atoms with E-state index in [-0.39, 0.29) is 0 Å². The second kappa shape index (κ2) is 9.24. The normalized spacial score (nSPS) is 20.0. The maximum absolute atomic E-state index is 4.90. The molecule has 2 fully saturated rings. The van der Waals surface area contributed by atoms with Crippen LogP contribution in [0.25, 0.3) is 5.82 Å². The molecule has 8 heteroatoms. The lowest BCUT2D eigenvalue weighted by molar-refractivity contribution is 0.205. The number of nitrogens with zero attached hydrogens (tertiary/aromatic N) is 8. The van der Waals surface area contributed by atoms with E-state index in [1.165, 1.54) is 12.8 Å². The Morgan fingerprint density at radius 3 is 2.53 bits per heavy atom. The lowest BCUT2D eigenvalue weighted by Gasteiger charge is -2.40. The SMILES string of the molecule is Cc1cc(C)n(-c2cncc(N3CCCC(CN4CCN(c5ccccn5)CC4)C3)n2)n1. The van der Waals surface area contributed by atoms with Gasteiger partial charge in [-0.3, -0.25) is 9.88 Å². The molecule has 1 unspecified atom stereocenters. The first kappa shape index (κ1) is 20.9. The van der Waals surface area contributed by atoms with Crippen LogP contribution in [0, 0.1) is 19.8 Å². The Morgan fingerprint density at radius 1 is 0.938 bits per heavy atom. The van der Waals surface area contributed by atoms with E-state index in [1.54, 1.807) is 6.20 Å².